The molecule has 4 atom stereocenters. The third-order valence-electron chi connectivity index (χ3n) is 3.16. The first-order valence-electron chi connectivity index (χ1n) is 5.74. The highest BCUT2D eigenvalue weighted by Gasteiger charge is 2.45. The zero-order chi connectivity index (χ0) is 14.2. The number of halogens is 1. The van der Waals surface area contributed by atoms with Crippen LogP contribution in [0.15, 0.2) is 15.8 Å². The smallest absolute Gasteiger partial charge is 0.330 e. The summed E-state index contributed by atoms with van der Waals surface area (Å²) in [5.41, 5.74) is -0.713. The van der Waals surface area contributed by atoms with E-state index in [1.807, 2.05) is 0 Å². The Morgan fingerprint density at radius 1 is 1.58 bits per heavy atom. The number of nitrogens with one attached hydrogen (secondary N) is 1. The largest absolute Gasteiger partial charge is 0.387 e. The Morgan fingerprint density at radius 2 is 2.26 bits per heavy atom. The maximum atomic E-state index is 11.8. The van der Waals surface area contributed by atoms with Crippen molar-refractivity contribution in [3.8, 4) is 0 Å². The summed E-state index contributed by atoms with van der Waals surface area (Å²) in [7, 11) is 1.41. The second kappa shape index (κ2) is 5.46. The third-order valence-corrected chi connectivity index (χ3v) is 3.46. The maximum Gasteiger partial charge on any atom is 0.330 e. The minimum atomic E-state index is -0.938. The first-order valence-corrected chi connectivity index (χ1v) is 6.27. The Bertz CT molecular complexity index is 569. The first kappa shape index (κ1) is 14.3. The second-order valence-corrected chi connectivity index (χ2v) is 4.70. The van der Waals surface area contributed by atoms with Crippen LogP contribution >= 0.6 is 11.6 Å². The summed E-state index contributed by atoms with van der Waals surface area (Å²) in [5.74, 6) is 0.0780. The number of aromatic nitrogens is 2. The van der Waals surface area contributed by atoms with E-state index in [2.05, 4.69) is 4.98 Å². The van der Waals surface area contributed by atoms with Crippen LogP contribution in [0.5, 0.6) is 0 Å². The number of H-pyrrole nitrogens is 1. The van der Waals surface area contributed by atoms with Crippen LogP contribution in [0.3, 0.4) is 0 Å². The summed E-state index contributed by atoms with van der Waals surface area (Å²) < 4.78 is 11.9. The van der Waals surface area contributed by atoms with Crippen LogP contribution < -0.4 is 11.2 Å². The van der Waals surface area contributed by atoms with Gasteiger partial charge in [-0.3, -0.25) is 14.3 Å². The van der Waals surface area contributed by atoms with E-state index in [4.69, 9.17) is 21.1 Å². The van der Waals surface area contributed by atoms with Gasteiger partial charge in [-0.2, -0.15) is 0 Å². The fraction of sp³-hybridized carbons (Fsp3) is 0.636. The van der Waals surface area contributed by atoms with E-state index in [9.17, 15) is 14.7 Å². The molecule has 1 fully saturated rings. The molecule has 1 aliphatic rings. The van der Waals surface area contributed by atoms with Gasteiger partial charge in [-0.15, -0.1) is 11.6 Å². The lowest BCUT2D eigenvalue weighted by Crippen LogP contribution is -2.39. The highest BCUT2D eigenvalue weighted by molar-refractivity contribution is 6.18. The molecule has 7 nitrogen and oxygen atoms in total. The standard InChI is InChI=1S/C11H15ClN2O5/c1-5-4-14(11(17)13-9(5)16)10-8(18-2)7(15)6(3-12)19-10/h4,6-8,10,15H,3H2,1-2H3,(H,13,16,17)/t6-,7-,8-,10-/m1/s1. The lowest BCUT2D eigenvalue weighted by Gasteiger charge is -2.20. The van der Waals surface area contributed by atoms with E-state index in [0.29, 0.717) is 5.56 Å². The maximum absolute atomic E-state index is 11.8. The van der Waals surface area contributed by atoms with Gasteiger partial charge in [0.25, 0.3) is 5.56 Å². The molecule has 1 saturated heterocycles. The number of hydrogen-bond acceptors (Lipinski definition) is 5. The van der Waals surface area contributed by atoms with Crippen LogP contribution in [0.25, 0.3) is 0 Å². The number of aryl methyl sites for hydroxylation is 1. The quantitative estimate of drug-likeness (QED) is 0.722. The van der Waals surface area contributed by atoms with E-state index < -0.39 is 35.8 Å². The van der Waals surface area contributed by atoms with Gasteiger partial charge in [0.1, 0.15) is 18.3 Å². The Morgan fingerprint density at radius 3 is 2.84 bits per heavy atom. The zero-order valence-electron chi connectivity index (χ0n) is 10.5. The number of aromatic amines is 1. The van der Waals surface area contributed by atoms with E-state index in [1.54, 1.807) is 6.92 Å². The number of methoxy groups -OCH3 is 1. The topological polar surface area (TPSA) is 93.5 Å². The van der Waals surface area contributed by atoms with Gasteiger partial charge in [0.2, 0.25) is 0 Å². The average Bonchev–Trinajstić information content (AvgIpc) is 2.70. The molecule has 0 saturated carbocycles. The Kier molecular flexibility index (Phi) is 4.10. The van der Waals surface area contributed by atoms with Gasteiger partial charge < -0.3 is 14.6 Å². The van der Waals surface area contributed by atoms with E-state index in [0.717, 1.165) is 0 Å². The summed E-state index contributed by atoms with van der Waals surface area (Å²) >= 11 is 5.69. The molecular formula is C11H15ClN2O5. The number of rotatable bonds is 3. The van der Waals surface area contributed by atoms with Crippen molar-refractivity contribution in [3.63, 3.8) is 0 Å². The normalized spacial score (nSPS) is 30.7. The highest BCUT2D eigenvalue weighted by atomic mass is 35.5. The van der Waals surface area contributed by atoms with Crippen molar-refractivity contribution in [3.05, 3.63) is 32.6 Å². The summed E-state index contributed by atoms with van der Waals surface area (Å²) in [6.07, 6.45) is -1.75. The molecule has 19 heavy (non-hydrogen) atoms. The predicted molar refractivity (Wildman–Crippen MR) is 67.5 cm³/mol. The van der Waals surface area contributed by atoms with Crippen LogP contribution in [0.2, 0.25) is 0 Å². The fourth-order valence-corrected chi connectivity index (χ4v) is 2.36. The van der Waals surface area contributed by atoms with Gasteiger partial charge in [-0.25, -0.2) is 4.79 Å². The van der Waals surface area contributed by atoms with Crippen LogP contribution in [0, 0.1) is 6.92 Å². The van der Waals surface area contributed by atoms with Gasteiger partial charge in [0.15, 0.2) is 6.23 Å². The summed E-state index contributed by atoms with van der Waals surface area (Å²) in [6, 6.07) is 0. The molecule has 0 amide bonds. The molecule has 0 aromatic carbocycles. The highest BCUT2D eigenvalue weighted by Crippen LogP contribution is 2.30. The minimum Gasteiger partial charge on any atom is -0.387 e. The molecule has 1 aromatic rings. The van der Waals surface area contributed by atoms with Crippen molar-refractivity contribution >= 4 is 11.6 Å². The van der Waals surface area contributed by atoms with Crippen molar-refractivity contribution in [2.75, 3.05) is 13.0 Å². The second-order valence-electron chi connectivity index (χ2n) is 4.39. The van der Waals surface area contributed by atoms with Crippen molar-refractivity contribution in [1.29, 1.82) is 0 Å². The van der Waals surface area contributed by atoms with Gasteiger partial charge in [-0.05, 0) is 6.92 Å². The fourth-order valence-electron chi connectivity index (χ4n) is 2.10. The summed E-state index contributed by atoms with van der Waals surface area (Å²) in [5, 5.41) is 9.97. The molecule has 0 unspecified atom stereocenters. The van der Waals surface area contributed by atoms with Crippen molar-refractivity contribution < 1.29 is 14.6 Å². The van der Waals surface area contributed by atoms with E-state index in [-0.39, 0.29) is 5.88 Å². The average molecular weight is 291 g/mol. The minimum absolute atomic E-state index is 0.0780. The Hall–Kier alpha value is -1.15. The van der Waals surface area contributed by atoms with Crippen LogP contribution in [0.1, 0.15) is 11.8 Å². The van der Waals surface area contributed by atoms with Crippen LogP contribution in [-0.4, -0.2) is 46.0 Å². The molecular weight excluding hydrogens is 276 g/mol. The van der Waals surface area contributed by atoms with Gasteiger partial charge in [0, 0.05) is 18.9 Å². The number of nitrogens with zero attached hydrogens (tertiary/aromatic N) is 1. The molecule has 2 heterocycles. The molecule has 8 heteroatoms. The Balaban J connectivity index is 2.44. The van der Waals surface area contributed by atoms with Gasteiger partial charge >= 0.3 is 5.69 Å². The number of hydrogen-bond donors (Lipinski definition) is 2. The van der Waals surface area contributed by atoms with Gasteiger partial charge in [0.05, 0.1) is 5.88 Å². The molecule has 2 rings (SSSR count). The molecule has 1 aromatic heterocycles. The monoisotopic (exact) mass is 290 g/mol. The van der Waals surface area contributed by atoms with Gasteiger partial charge in [-0.1, -0.05) is 0 Å². The lowest BCUT2D eigenvalue weighted by molar-refractivity contribution is -0.0513. The molecule has 1 aliphatic heterocycles. The predicted octanol–water partition coefficient (Wildman–Crippen LogP) is -0.643. The van der Waals surface area contributed by atoms with Crippen LogP contribution in [-0.2, 0) is 9.47 Å². The molecule has 0 spiro atoms. The van der Waals surface area contributed by atoms with Crippen LogP contribution in [0.4, 0.5) is 0 Å². The summed E-state index contributed by atoms with van der Waals surface area (Å²) in [6.45, 7) is 1.57. The molecule has 0 bridgehead atoms. The molecule has 0 radical (unpaired) electrons. The van der Waals surface area contributed by atoms with Crippen molar-refractivity contribution in [2.45, 2.75) is 31.5 Å². The number of aliphatic hydroxyl groups excluding tert-OH is 1. The zero-order valence-corrected chi connectivity index (χ0v) is 11.3. The lowest BCUT2D eigenvalue weighted by atomic mass is 10.1. The van der Waals surface area contributed by atoms with Crippen molar-refractivity contribution in [2.24, 2.45) is 0 Å². The number of alkyl halides is 1. The van der Waals surface area contributed by atoms with E-state index in [1.165, 1.54) is 17.9 Å². The summed E-state index contributed by atoms with van der Waals surface area (Å²) in [4.78, 5) is 25.3. The molecule has 0 aliphatic carbocycles. The Labute approximate surface area is 113 Å². The molecule has 2 N–H and O–H groups in total. The SMILES string of the molecule is CO[C@@H]1[C@H](O)[C@@H](CCl)O[C@H]1n1cc(C)c(=O)[nH]c1=O. The first-order chi connectivity index (χ1) is 8.99. The number of aliphatic hydroxyl groups is 1. The number of ether oxygens (including phenoxy) is 2. The third kappa shape index (κ3) is 2.46. The molecule has 106 valence electrons. The van der Waals surface area contributed by atoms with Crippen molar-refractivity contribution in [1.82, 2.24) is 9.55 Å². The van der Waals surface area contributed by atoms with E-state index >= 15 is 0 Å².